The number of anilines is 1. The second-order valence-electron chi connectivity index (χ2n) is 8.27. The molecule has 6 heteroatoms. The molecule has 1 aliphatic heterocycles. The van der Waals surface area contributed by atoms with Crippen LogP contribution in [-0.4, -0.2) is 33.9 Å². The minimum atomic E-state index is -0.0392. The molecule has 0 aromatic carbocycles. The summed E-state index contributed by atoms with van der Waals surface area (Å²) in [6.45, 7) is 6.39. The molecule has 2 aliphatic rings. The maximum Gasteiger partial charge on any atom is 0.225 e. The van der Waals surface area contributed by atoms with Crippen molar-refractivity contribution in [1.82, 2.24) is 20.3 Å². The number of carbonyl (C=O) groups is 1. The lowest BCUT2D eigenvalue weighted by Gasteiger charge is -2.31. The summed E-state index contributed by atoms with van der Waals surface area (Å²) >= 11 is 0. The molecule has 1 N–H and O–H groups in total. The van der Waals surface area contributed by atoms with Gasteiger partial charge in [0.2, 0.25) is 11.9 Å². The van der Waals surface area contributed by atoms with Crippen LogP contribution in [0.2, 0.25) is 0 Å². The van der Waals surface area contributed by atoms with Crippen molar-refractivity contribution >= 4 is 11.9 Å². The molecule has 2 atom stereocenters. The van der Waals surface area contributed by atoms with Crippen molar-refractivity contribution in [2.75, 3.05) is 18.0 Å². The van der Waals surface area contributed by atoms with Crippen molar-refractivity contribution < 1.29 is 4.79 Å². The molecule has 0 spiro atoms. The Kier molecular flexibility index (Phi) is 5.55. The number of fused-ring (bicyclic) bond motifs is 1. The molecule has 0 radical (unpaired) electrons. The van der Waals surface area contributed by atoms with E-state index in [4.69, 9.17) is 4.98 Å². The van der Waals surface area contributed by atoms with Gasteiger partial charge in [0.05, 0.1) is 6.04 Å². The molecule has 1 amide bonds. The smallest absolute Gasteiger partial charge is 0.225 e. The third kappa shape index (κ3) is 4.16. The molecule has 4 rings (SSSR count). The Balaban J connectivity index is 1.38. The number of nitrogens with zero attached hydrogens (tertiary/aromatic N) is 4. The van der Waals surface area contributed by atoms with Crippen LogP contribution in [0.5, 0.6) is 0 Å². The molecule has 1 fully saturated rings. The van der Waals surface area contributed by atoms with Crippen molar-refractivity contribution in [2.45, 2.75) is 52.0 Å². The Morgan fingerprint density at radius 2 is 2.07 bits per heavy atom. The van der Waals surface area contributed by atoms with Crippen LogP contribution in [0.25, 0.3) is 0 Å². The van der Waals surface area contributed by atoms with Crippen LogP contribution < -0.4 is 10.2 Å². The lowest BCUT2D eigenvalue weighted by Crippen LogP contribution is -2.37. The number of aryl methyl sites for hydroxylation is 1. The molecule has 0 unspecified atom stereocenters. The van der Waals surface area contributed by atoms with E-state index in [1.807, 2.05) is 25.3 Å². The van der Waals surface area contributed by atoms with Crippen LogP contribution in [0.1, 0.15) is 56.0 Å². The predicted octanol–water partition coefficient (Wildman–Crippen LogP) is 3.09. The number of piperidine rings is 1. The Morgan fingerprint density at radius 3 is 2.82 bits per heavy atom. The molecule has 1 aliphatic carbocycles. The van der Waals surface area contributed by atoms with Gasteiger partial charge in [-0.15, -0.1) is 0 Å². The van der Waals surface area contributed by atoms with E-state index in [1.165, 1.54) is 12.8 Å². The van der Waals surface area contributed by atoms with E-state index < -0.39 is 0 Å². The highest BCUT2D eigenvalue weighted by molar-refractivity contribution is 5.79. The third-order valence-corrected chi connectivity index (χ3v) is 6.12. The van der Waals surface area contributed by atoms with Crippen LogP contribution in [0.4, 0.5) is 5.95 Å². The van der Waals surface area contributed by atoms with E-state index in [2.05, 4.69) is 27.1 Å². The molecule has 2 aromatic rings. The number of rotatable bonds is 4. The van der Waals surface area contributed by atoms with E-state index in [9.17, 15) is 4.79 Å². The molecule has 6 nitrogen and oxygen atoms in total. The van der Waals surface area contributed by atoms with Crippen LogP contribution >= 0.6 is 0 Å². The standard InChI is InChI=1S/C22H29N5O/c1-15-7-10-27(11-8-15)22-24-14-19-12-17(5-6-20(19)26-22)21(28)25-16(2)18-4-3-9-23-13-18/h3-4,9,13-17H,5-8,10-12H2,1-2H3,(H,25,28)/t16-,17-/m0/s1. The largest absolute Gasteiger partial charge is 0.349 e. The van der Waals surface area contributed by atoms with Gasteiger partial charge in [0.15, 0.2) is 0 Å². The van der Waals surface area contributed by atoms with E-state index >= 15 is 0 Å². The quantitative estimate of drug-likeness (QED) is 0.884. The van der Waals surface area contributed by atoms with E-state index in [-0.39, 0.29) is 17.9 Å². The monoisotopic (exact) mass is 379 g/mol. The maximum atomic E-state index is 12.8. The summed E-state index contributed by atoms with van der Waals surface area (Å²) in [5.41, 5.74) is 3.26. The Bertz CT molecular complexity index is 817. The molecule has 0 saturated carbocycles. The minimum Gasteiger partial charge on any atom is -0.349 e. The van der Waals surface area contributed by atoms with Crippen LogP contribution in [-0.2, 0) is 17.6 Å². The van der Waals surface area contributed by atoms with Gasteiger partial charge in [0.1, 0.15) is 0 Å². The summed E-state index contributed by atoms with van der Waals surface area (Å²) in [4.78, 5) is 28.6. The predicted molar refractivity (Wildman–Crippen MR) is 109 cm³/mol. The molecule has 3 heterocycles. The molecule has 1 saturated heterocycles. The Labute approximate surface area is 166 Å². The third-order valence-electron chi connectivity index (χ3n) is 6.12. The molecule has 0 bridgehead atoms. The van der Waals surface area contributed by atoms with Gasteiger partial charge in [-0.2, -0.15) is 0 Å². The van der Waals surface area contributed by atoms with Gasteiger partial charge in [-0.1, -0.05) is 13.0 Å². The number of nitrogens with one attached hydrogen (secondary N) is 1. The number of pyridine rings is 1. The van der Waals surface area contributed by atoms with Crippen LogP contribution in [0.3, 0.4) is 0 Å². The molecule has 28 heavy (non-hydrogen) atoms. The van der Waals surface area contributed by atoms with Gasteiger partial charge < -0.3 is 10.2 Å². The lowest BCUT2D eigenvalue weighted by molar-refractivity contribution is -0.126. The van der Waals surface area contributed by atoms with Crippen molar-refractivity contribution in [1.29, 1.82) is 0 Å². The van der Waals surface area contributed by atoms with Gasteiger partial charge in [-0.3, -0.25) is 9.78 Å². The fraction of sp³-hybridized carbons (Fsp3) is 0.545. The van der Waals surface area contributed by atoms with Crippen molar-refractivity contribution in [3.05, 3.63) is 47.5 Å². The first-order valence-electron chi connectivity index (χ1n) is 10.4. The van der Waals surface area contributed by atoms with Gasteiger partial charge in [-0.05, 0) is 62.1 Å². The Hall–Kier alpha value is -2.50. The number of hydrogen-bond acceptors (Lipinski definition) is 5. The SMILES string of the molecule is CC1CCN(c2ncc3c(n2)CC[C@H](C(=O)N[C@@H](C)c2cccnc2)C3)CC1. The van der Waals surface area contributed by atoms with Gasteiger partial charge in [-0.25, -0.2) is 9.97 Å². The van der Waals surface area contributed by atoms with E-state index in [0.29, 0.717) is 0 Å². The summed E-state index contributed by atoms with van der Waals surface area (Å²) in [6, 6.07) is 3.85. The second kappa shape index (κ2) is 8.25. The molecule has 2 aromatic heterocycles. The number of amides is 1. The maximum absolute atomic E-state index is 12.8. The van der Waals surface area contributed by atoms with Crippen molar-refractivity contribution in [2.24, 2.45) is 11.8 Å². The van der Waals surface area contributed by atoms with Crippen molar-refractivity contribution in [3.8, 4) is 0 Å². The summed E-state index contributed by atoms with van der Waals surface area (Å²) in [7, 11) is 0. The Morgan fingerprint density at radius 1 is 1.25 bits per heavy atom. The van der Waals surface area contributed by atoms with Gasteiger partial charge in [0, 0.05) is 43.3 Å². The second-order valence-corrected chi connectivity index (χ2v) is 8.27. The fourth-order valence-corrected chi connectivity index (χ4v) is 4.13. The minimum absolute atomic E-state index is 0.0168. The first-order chi connectivity index (χ1) is 13.6. The average Bonchev–Trinajstić information content (AvgIpc) is 2.74. The summed E-state index contributed by atoms with van der Waals surface area (Å²) in [6.07, 6.45) is 10.3. The van der Waals surface area contributed by atoms with Crippen molar-refractivity contribution in [3.63, 3.8) is 0 Å². The molecular weight excluding hydrogens is 350 g/mol. The highest BCUT2D eigenvalue weighted by Gasteiger charge is 2.28. The topological polar surface area (TPSA) is 71.0 Å². The normalized spacial score (nSPS) is 21.1. The zero-order valence-electron chi connectivity index (χ0n) is 16.8. The first-order valence-corrected chi connectivity index (χ1v) is 10.4. The summed E-state index contributed by atoms with van der Waals surface area (Å²) in [5.74, 6) is 1.74. The fourth-order valence-electron chi connectivity index (χ4n) is 4.13. The molecule has 148 valence electrons. The number of aromatic nitrogens is 3. The van der Waals surface area contributed by atoms with E-state index in [1.54, 1.807) is 12.4 Å². The van der Waals surface area contributed by atoms with Crippen LogP contribution in [0.15, 0.2) is 30.7 Å². The van der Waals surface area contributed by atoms with Gasteiger partial charge in [0.25, 0.3) is 0 Å². The lowest BCUT2D eigenvalue weighted by atomic mass is 9.86. The molecular formula is C22H29N5O. The van der Waals surface area contributed by atoms with E-state index in [0.717, 1.165) is 61.0 Å². The van der Waals surface area contributed by atoms with Gasteiger partial charge >= 0.3 is 0 Å². The number of hydrogen-bond donors (Lipinski definition) is 1. The first kappa shape index (κ1) is 18.8. The average molecular weight is 380 g/mol. The van der Waals surface area contributed by atoms with Crippen LogP contribution in [0, 0.1) is 11.8 Å². The highest BCUT2D eigenvalue weighted by atomic mass is 16.1. The summed E-state index contributed by atoms with van der Waals surface area (Å²) in [5, 5.41) is 3.14. The summed E-state index contributed by atoms with van der Waals surface area (Å²) < 4.78 is 0. The zero-order valence-corrected chi connectivity index (χ0v) is 16.8. The zero-order chi connectivity index (χ0) is 19.5. The highest BCUT2D eigenvalue weighted by Crippen LogP contribution is 2.27. The number of carbonyl (C=O) groups excluding carboxylic acids is 1.